The number of aromatic nitrogens is 2. The predicted molar refractivity (Wildman–Crippen MR) is 99.6 cm³/mol. The number of epoxide rings is 2. The molecule has 2 fully saturated rings. The molecule has 2 unspecified atom stereocenters. The summed E-state index contributed by atoms with van der Waals surface area (Å²) in [5, 5.41) is 21.7. The molecule has 1 aromatic heterocycles. The molecule has 2 saturated heterocycles. The van der Waals surface area contributed by atoms with Crippen LogP contribution in [0.2, 0.25) is 0 Å². The number of para-hydroxylation sites is 2. The van der Waals surface area contributed by atoms with E-state index in [4.69, 9.17) is 28.4 Å². The van der Waals surface area contributed by atoms with Gasteiger partial charge in [-0.1, -0.05) is 12.1 Å². The topological polar surface area (TPSA) is 144 Å². The van der Waals surface area contributed by atoms with Gasteiger partial charge in [-0.15, -0.1) is 0 Å². The molecule has 0 bridgehead atoms. The molecule has 0 saturated carbocycles. The van der Waals surface area contributed by atoms with Gasteiger partial charge in [0.1, 0.15) is 25.4 Å². The van der Waals surface area contributed by atoms with Gasteiger partial charge in [-0.3, -0.25) is 10.4 Å². The van der Waals surface area contributed by atoms with E-state index < -0.39 is 12.3 Å². The summed E-state index contributed by atoms with van der Waals surface area (Å²) in [7, 11) is 0. The first-order chi connectivity index (χ1) is 15.5. The Morgan fingerprint density at radius 1 is 0.812 bits per heavy atom. The summed E-state index contributed by atoms with van der Waals surface area (Å²) in [6, 6.07) is 8.79. The lowest BCUT2D eigenvalue weighted by atomic mass is 10.2. The van der Waals surface area contributed by atoms with Gasteiger partial charge in [0.15, 0.2) is 0 Å². The minimum absolute atomic E-state index is 0.0206. The maximum Gasteiger partial charge on any atom is 0.514 e. The molecular weight excluding hydrogens is 428 g/mol. The zero-order valence-corrected chi connectivity index (χ0v) is 16.5. The van der Waals surface area contributed by atoms with E-state index in [9.17, 15) is 20.0 Å². The monoisotopic (exact) mass is 446 g/mol. The van der Waals surface area contributed by atoms with Gasteiger partial charge < -0.3 is 28.4 Å². The molecule has 166 valence electrons. The van der Waals surface area contributed by atoms with E-state index in [0.29, 0.717) is 22.7 Å². The number of hydrogen-bond donors (Lipinski definition) is 2. The number of hydrogen-bond acceptors (Lipinski definition) is 10. The number of carbonyl (C=O) groups excluding carboxylic acids is 2. The second-order valence-corrected chi connectivity index (χ2v) is 7.11. The van der Waals surface area contributed by atoms with Crippen LogP contribution < -0.4 is 18.9 Å². The van der Waals surface area contributed by atoms with Crippen LogP contribution >= 0.6 is 0 Å². The lowest BCUT2D eigenvalue weighted by molar-refractivity contribution is -0.894. The molecule has 2 N–H and O–H groups in total. The van der Waals surface area contributed by atoms with Gasteiger partial charge in [0, 0.05) is 21.6 Å². The summed E-state index contributed by atoms with van der Waals surface area (Å²) in [6.07, 6.45) is -2.25. The molecule has 3 heterocycles. The molecule has 2 aliphatic heterocycles. The highest BCUT2D eigenvalue weighted by Crippen LogP contribution is 2.27. The first-order valence-electron chi connectivity index (χ1n) is 9.67. The molecule has 2 aliphatic rings. The molecule has 5 rings (SSSR count). The lowest BCUT2D eigenvalue weighted by Crippen LogP contribution is -2.43. The van der Waals surface area contributed by atoms with Crippen LogP contribution in [0.5, 0.6) is 11.5 Å². The fourth-order valence-electron chi connectivity index (χ4n) is 3.08. The summed E-state index contributed by atoms with van der Waals surface area (Å²) < 4.78 is 31.7. The van der Waals surface area contributed by atoms with Crippen molar-refractivity contribution >= 4 is 34.4 Å². The van der Waals surface area contributed by atoms with Crippen molar-refractivity contribution in [2.75, 3.05) is 26.4 Å². The van der Waals surface area contributed by atoms with E-state index >= 15 is 0 Å². The number of ether oxygens (including phenoxy) is 6. The van der Waals surface area contributed by atoms with Crippen LogP contribution in [0.1, 0.15) is 0 Å². The SMILES string of the molecule is O=C(OCC1CO1)Oc1cccc2c1[n+](O)c1cccc(OC(=O)OCC3CO3)c1[n+]2O. The van der Waals surface area contributed by atoms with Gasteiger partial charge in [0.05, 0.1) is 13.2 Å². The van der Waals surface area contributed by atoms with Crippen LogP contribution in [0.25, 0.3) is 22.1 Å². The number of fused-ring (bicyclic) bond motifs is 2. The highest BCUT2D eigenvalue weighted by atomic mass is 16.7. The largest absolute Gasteiger partial charge is 0.514 e. The first kappa shape index (κ1) is 20.0. The third-order valence-electron chi connectivity index (χ3n) is 4.80. The number of nitrogens with zero attached hydrogens (tertiary/aromatic N) is 2. The second kappa shape index (κ2) is 7.98. The minimum atomic E-state index is -0.989. The van der Waals surface area contributed by atoms with Crippen LogP contribution in [-0.4, -0.2) is 61.4 Å². The van der Waals surface area contributed by atoms with Crippen LogP contribution in [0, 0.1) is 0 Å². The molecule has 0 spiro atoms. The van der Waals surface area contributed by atoms with Crippen molar-refractivity contribution in [1.82, 2.24) is 0 Å². The Kier molecular flexibility index (Phi) is 4.99. The minimum Gasteiger partial charge on any atom is -0.431 e. The van der Waals surface area contributed by atoms with E-state index in [2.05, 4.69) is 0 Å². The second-order valence-electron chi connectivity index (χ2n) is 7.11. The Balaban J connectivity index is 1.49. The molecule has 0 amide bonds. The number of carbonyl (C=O) groups is 2. The van der Waals surface area contributed by atoms with Gasteiger partial charge in [0.2, 0.25) is 11.5 Å². The lowest BCUT2D eigenvalue weighted by Gasteiger charge is -2.06. The van der Waals surface area contributed by atoms with Gasteiger partial charge in [-0.05, 0) is 12.1 Å². The average Bonchev–Trinajstić information content (AvgIpc) is 3.69. The third-order valence-corrected chi connectivity index (χ3v) is 4.80. The summed E-state index contributed by atoms with van der Waals surface area (Å²) in [4.78, 5) is 24.0. The van der Waals surface area contributed by atoms with E-state index in [-0.39, 0.29) is 59.0 Å². The van der Waals surface area contributed by atoms with E-state index in [1.165, 1.54) is 36.4 Å². The first-order valence-corrected chi connectivity index (χ1v) is 9.67. The smallest absolute Gasteiger partial charge is 0.431 e. The molecule has 3 aromatic rings. The highest BCUT2D eigenvalue weighted by molar-refractivity contribution is 5.85. The quantitative estimate of drug-likeness (QED) is 0.140. The average molecular weight is 446 g/mol. The van der Waals surface area contributed by atoms with Gasteiger partial charge in [0.25, 0.3) is 0 Å². The van der Waals surface area contributed by atoms with Crippen molar-refractivity contribution in [3.63, 3.8) is 0 Å². The molecule has 2 atom stereocenters. The molecule has 12 heteroatoms. The van der Waals surface area contributed by atoms with Crippen molar-refractivity contribution in [2.24, 2.45) is 0 Å². The van der Waals surface area contributed by atoms with E-state index in [1.807, 2.05) is 0 Å². The Hall–Kier alpha value is -3.90. The van der Waals surface area contributed by atoms with E-state index in [1.54, 1.807) is 0 Å². The highest BCUT2D eigenvalue weighted by Gasteiger charge is 2.36. The zero-order valence-electron chi connectivity index (χ0n) is 16.5. The summed E-state index contributed by atoms with van der Waals surface area (Å²) in [5.41, 5.74) is 0.0821. The fourth-order valence-corrected chi connectivity index (χ4v) is 3.08. The van der Waals surface area contributed by atoms with Crippen molar-refractivity contribution in [1.29, 1.82) is 0 Å². The third kappa shape index (κ3) is 4.00. The molecule has 2 aromatic carbocycles. The van der Waals surface area contributed by atoms with Crippen LogP contribution in [0.3, 0.4) is 0 Å². The van der Waals surface area contributed by atoms with Gasteiger partial charge in [-0.25, -0.2) is 9.59 Å². The van der Waals surface area contributed by atoms with Crippen molar-refractivity contribution in [3.8, 4) is 11.5 Å². The summed E-state index contributed by atoms with van der Waals surface area (Å²) in [6.45, 7) is 1.13. The molecule has 0 aliphatic carbocycles. The fraction of sp³-hybridized carbons (Fsp3) is 0.300. The van der Waals surface area contributed by atoms with Crippen molar-refractivity contribution in [3.05, 3.63) is 36.4 Å². The number of rotatable bonds is 6. The van der Waals surface area contributed by atoms with Gasteiger partial charge >= 0.3 is 34.4 Å². The van der Waals surface area contributed by atoms with Crippen LogP contribution in [0.15, 0.2) is 36.4 Å². The van der Waals surface area contributed by atoms with Gasteiger partial charge in [-0.2, -0.15) is 0 Å². The molecule has 32 heavy (non-hydrogen) atoms. The zero-order chi connectivity index (χ0) is 22.2. The molecule has 12 nitrogen and oxygen atoms in total. The summed E-state index contributed by atoms with van der Waals surface area (Å²) in [5.74, 6) is -0.127. The Morgan fingerprint density at radius 2 is 1.22 bits per heavy atom. The Morgan fingerprint density at radius 3 is 1.59 bits per heavy atom. The Bertz CT molecular complexity index is 1130. The summed E-state index contributed by atoms with van der Waals surface area (Å²) >= 11 is 0. The molecular formula is C20H18N2O10+2. The van der Waals surface area contributed by atoms with E-state index in [0.717, 1.165) is 0 Å². The number of benzene rings is 2. The normalized spacial score (nSPS) is 18.9. The van der Waals surface area contributed by atoms with Crippen molar-refractivity contribution in [2.45, 2.75) is 12.2 Å². The molecule has 0 radical (unpaired) electrons. The van der Waals surface area contributed by atoms with Crippen molar-refractivity contribution < 1.29 is 57.9 Å². The van der Waals surface area contributed by atoms with Crippen LogP contribution in [0.4, 0.5) is 9.59 Å². The maximum absolute atomic E-state index is 12.0. The standard InChI is InChI=1S/C20H18N2O10/c23-19(29-9-11-7-27-11)31-15-5-1-3-13-17(15)22(26)14-4-2-6-16(18(14)21(13)25)32-20(24)30-10-12-8-28-12/h1-6,11-12,25-26H,7-10H2/q+2. The Labute approximate surface area is 179 Å². The van der Waals surface area contributed by atoms with Crippen LogP contribution in [-0.2, 0) is 18.9 Å². The predicted octanol–water partition coefficient (Wildman–Crippen LogP) is 0.871. The maximum atomic E-state index is 12.0.